The van der Waals surface area contributed by atoms with E-state index >= 15 is 0 Å². The first-order valence-corrected chi connectivity index (χ1v) is 11.0. The maximum absolute atomic E-state index is 12.9. The number of carbonyl (C=O) groups is 1. The Morgan fingerprint density at radius 2 is 1.81 bits per heavy atom. The molecule has 2 aromatic carbocycles. The zero-order valence-electron chi connectivity index (χ0n) is 17.9. The van der Waals surface area contributed by atoms with Crippen molar-refractivity contribution in [1.82, 2.24) is 19.9 Å². The Morgan fingerprint density at radius 1 is 1.13 bits per heavy atom. The summed E-state index contributed by atoms with van der Waals surface area (Å²) in [6.45, 7) is 5.06. The van der Waals surface area contributed by atoms with Gasteiger partial charge in [0.05, 0.1) is 6.54 Å². The molecule has 0 spiro atoms. The van der Waals surface area contributed by atoms with Gasteiger partial charge in [0, 0.05) is 30.1 Å². The fourth-order valence-corrected chi connectivity index (χ4v) is 4.04. The van der Waals surface area contributed by atoms with Gasteiger partial charge in [0.1, 0.15) is 0 Å². The Morgan fingerprint density at radius 3 is 2.48 bits per heavy atom. The van der Waals surface area contributed by atoms with E-state index in [4.69, 9.17) is 16.1 Å². The van der Waals surface area contributed by atoms with Crippen molar-refractivity contribution in [2.45, 2.75) is 32.9 Å². The molecule has 3 aromatic rings. The highest BCUT2D eigenvalue weighted by Gasteiger charge is 2.28. The number of carbonyl (C=O) groups excluding carboxylic acids is 1. The molecule has 0 saturated carbocycles. The van der Waals surface area contributed by atoms with Crippen LogP contribution in [0.2, 0.25) is 5.02 Å². The minimum Gasteiger partial charge on any atom is -0.337 e. The van der Waals surface area contributed by atoms with E-state index in [0.29, 0.717) is 18.3 Å². The lowest BCUT2D eigenvalue weighted by atomic mass is 9.95. The van der Waals surface area contributed by atoms with Crippen molar-refractivity contribution in [2.75, 3.05) is 20.1 Å². The predicted octanol–water partition coefficient (Wildman–Crippen LogP) is 4.57. The summed E-state index contributed by atoms with van der Waals surface area (Å²) in [5.74, 6) is 1.17. The number of likely N-dealkylation sites (tertiary alicyclic amines) is 1. The van der Waals surface area contributed by atoms with E-state index in [1.54, 1.807) is 11.9 Å². The number of aryl methyl sites for hydroxylation is 1. The van der Waals surface area contributed by atoms with E-state index in [0.717, 1.165) is 43.1 Å². The molecule has 1 saturated heterocycles. The molecule has 1 aliphatic rings. The van der Waals surface area contributed by atoms with E-state index in [-0.39, 0.29) is 11.8 Å². The molecular weight excluding hydrogens is 412 g/mol. The highest BCUT2D eigenvalue weighted by molar-refractivity contribution is 6.30. The highest BCUT2D eigenvalue weighted by Crippen LogP contribution is 2.23. The number of hydrogen-bond acceptors (Lipinski definition) is 5. The van der Waals surface area contributed by atoms with E-state index in [1.807, 2.05) is 43.3 Å². The molecule has 1 aliphatic heterocycles. The van der Waals surface area contributed by atoms with Crippen LogP contribution < -0.4 is 0 Å². The number of piperidine rings is 1. The molecule has 1 aromatic heterocycles. The molecule has 0 unspecified atom stereocenters. The standard InChI is InChI=1S/C24H27ClN4O2/c1-17-3-7-19(8-4-17)23-26-22(31-27-23)16-28(2)24(30)20-11-13-29(14-12-20)15-18-5-9-21(25)10-6-18/h3-10,20H,11-16H2,1-2H3. The number of aromatic nitrogens is 2. The lowest BCUT2D eigenvalue weighted by molar-refractivity contribution is -0.136. The van der Waals surface area contributed by atoms with E-state index in [9.17, 15) is 4.79 Å². The van der Waals surface area contributed by atoms with Crippen LogP contribution in [-0.2, 0) is 17.9 Å². The van der Waals surface area contributed by atoms with Crippen LogP contribution in [-0.4, -0.2) is 46.0 Å². The normalized spacial score (nSPS) is 15.2. The molecule has 0 aliphatic carbocycles. The van der Waals surface area contributed by atoms with Gasteiger partial charge in [-0.15, -0.1) is 0 Å². The molecular formula is C24H27ClN4O2. The molecule has 6 nitrogen and oxygen atoms in total. The van der Waals surface area contributed by atoms with Crippen LogP contribution in [0.3, 0.4) is 0 Å². The van der Waals surface area contributed by atoms with E-state index in [1.165, 1.54) is 11.1 Å². The van der Waals surface area contributed by atoms with Gasteiger partial charge in [0.15, 0.2) is 0 Å². The summed E-state index contributed by atoms with van der Waals surface area (Å²) in [6, 6.07) is 15.9. The maximum Gasteiger partial charge on any atom is 0.246 e. The van der Waals surface area contributed by atoms with Gasteiger partial charge in [0.2, 0.25) is 17.6 Å². The summed E-state index contributed by atoms with van der Waals surface area (Å²) in [5.41, 5.74) is 3.33. The second kappa shape index (κ2) is 9.62. The third-order valence-corrected chi connectivity index (χ3v) is 6.03. The minimum absolute atomic E-state index is 0.0333. The third-order valence-electron chi connectivity index (χ3n) is 5.78. The van der Waals surface area contributed by atoms with E-state index < -0.39 is 0 Å². The van der Waals surface area contributed by atoms with Gasteiger partial charge in [-0.05, 0) is 50.6 Å². The quantitative estimate of drug-likeness (QED) is 0.564. The number of nitrogens with zero attached hydrogens (tertiary/aromatic N) is 4. The SMILES string of the molecule is Cc1ccc(-c2noc(CN(C)C(=O)C3CCN(Cc4ccc(Cl)cc4)CC3)n2)cc1. The van der Waals surface area contributed by atoms with Crippen molar-refractivity contribution in [2.24, 2.45) is 5.92 Å². The maximum atomic E-state index is 12.9. The minimum atomic E-state index is 0.0333. The fraction of sp³-hybridized carbons (Fsp3) is 0.375. The van der Waals surface area contributed by atoms with Crippen molar-refractivity contribution >= 4 is 17.5 Å². The predicted molar refractivity (Wildman–Crippen MR) is 120 cm³/mol. The molecule has 0 radical (unpaired) electrons. The van der Waals surface area contributed by atoms with Gasteiger partial charge in [-0.25, -0.2) is 0 Å². The first-order valence-electron chi connectivity index (χ1n) is 10.6. The summed E-state index contributed by atoms with van der Waals surface area (Å²) >= 11 is 5.96. The number of rotatable bonds is 6. The molecule has 1 amide bonds. The summed E-state index contributed by atoms with van der Waals surface area (Å²) in [7, 11) is 1.80. The Kier molecular flexibility index (Phi) is 6.68. The first kappa shape index (κ1) is 21.5. The number of hydrogen-bond donors (Lipinski definition) is 0. The van der Waals surface area contributed by atoms with Gasteiger partial charge >= 0.3 is 0 Å². The Hall–Kier alpha value is -2.70. The summed E-state index contributed by atoms with van der Waals surface area (Å²) < 4.78 is 5.38. The largest absolute Gasteiger partial charge is 0.337 e. The summed E-state index contributed by atoms with van der Waals surface area (Å²) in [4.78, 5) is 21.5. The zero-order chi connectivity index (χ0) is 21.8. The zero-order valence-corrected chi connectivity index (χ0v) is 18.7. The average molecular weight is 439 g/mol. The molecule has 31 heavy (non-hydrogen) atoms. The van der Waals surface area contributed by atoms with Crippen molar-refractivity contribution in [3.05, 3.63) is 70.6 Å². The molecule has 4 rings (SSSR count). The smallest absolute Gasteiger partial charge is 0.246 e. The molecule has 2 heterocycles. The van der Waals surface area contributed by atoms with Crippen LogP contribution in [0.5, 0.6) is 0 Å². The molecule has 1 fully saturated rings. The molecule has 0 atom stereocenters. The van der Waals surface area contributed by atoms with Gasteiger partial charge in [-0.2, -0.15) is 4.98 Å². The van der Waals surface area contributed by atoms with Gasteiger partial charge in [0.25, 0.3) is 0 Å². The average Bonchev–Trinajstić information content (AvgIpc) is 3.24. The number of halogens is 1. The number of benzene rings is 2. The summed E-state index contributed by atoms with van der Waals surface area (Å²) in [6.07, 6.45) is 1.71. The van der Waals surface area contributed by atoms with Gasteiger partial charge in [-0.3, -0.25) is 9.69 Å². The van der Waals surface area contributed by atoms with E-state index in [2.05, 4.69) is 27.2 Å². The van der Waals surface area contributed by atoms with Crippen molar-refractivity contribution in [1.29, 1.82) is 0 Å². The number of amides is 1. The van der Waals surface area contributed by atoms with Crippen LogP contribution in [0.25, 0.3) is 11.4 Å². The summed E-state index contributed by atoms with van der Waals surface area (Å²) in [5, 5.41) is 4.81. The van der Waals surface area contributed by atoms with Crippen LogP contribution in [0.4, 0.5) is 0 Å². The second-order valence-corrected chi connectivity index (χ2v) is 8.69. The van der Waals surface area contributed by atoms with Crippen LogP contribution >= 0.6 is 11.6 Å². The molecule has 7 heteroatoms. The molecule has 0 N–H and O–H groups in total. The Bertz CT molecular complexity index is 1010. The van der Waals surface area contributed by atoms with Crippen molar-refractivity contribution < 1.29 is 9.32 Å². The Balaban J connectivity index is 1.28. The van der Waals surface area contributed by atoms with Crippen LogP contribution in [0.1, 0.15) is 29.9 Å². The Labute approximate surface area is 187 Å². The van der Waals surface area contributed by atoms with Crippen molar-refractivity contribution in [3.63, 3.8) is 0 Å². The highest BCUT2D eigenvalue weighted by atomic mass is 35.5. The topological polar surface area (TPSA) is 62.5 Å². The fourth-order valence-electron chi connectivity index (χ4n) is 3.92. The van der Waals surface area contributed by atoms with Crippen LogP contribution in [0.15, 0.2) is 53.1 Å². The second-order valence-electron chi connectivity index (χ2n) is 8.25. The molecule has 162 valence electrons. The lowest BCUT2D eigenvalue weighted by Crippen LogP contribution is -2.40. The van der Waals surface area contributed by atoms with Crippen molar-refractivity contribution in [3.8, 4) is 11.4 Å². The lowest BCUT2D eigenvalue weighted by Gasteiger charge is -2.33. The van der Waals surface area contributed by atoms with Crippen LogP contribution in [0, 0.1) is 12.8 Å². The third kappa shape index (κ3) is 5.51. The monoisotopic (exact) mass is 438 g/mol. The van der Waals surface area contributed by atoms with Gasteiger partial charge < -0.3 is 9.42 Å². The first-order chi connectivity index (χ1) is 15.0. The van der Waals surface area contributed by atoms with Gasteiger partial charge in [-0.1, -0.05) is 58.7 Å². The molecule has 0 bridgehead atoms.